The Morgan fingerprint density at radius 1 is 1.20 bits per heavy atom. The summed E-state index contributed by atoms with van der Waals surface area (Å²) >= 11 is 0. The number of aromatic nitrogens is 1. The molecule has 0 unspecified atom stereocenters. The maximum absolute atomic E-state index is 12.2. The summed E-state index contributed by atoms with van der Waals surface area (Å²) in [5.74, 6) is 0.806. The van der Waals surface area contributed by atoms with Gasteiger partial charge in [-0.15, -0.1) is 0 Å². The Bertz CT molecular complexity index is 1150. The molecule has 0 saturated carbocycles. The first-order valence-electron chi connectivity index (χ1n) is 10.2. The van der Waals surface area contributed by atoms with Crippen LogP contribution < -0.4 is 9.47 Å². The van der Waals surface area contributed by atoms with Crippen LogP contribution in [0.4, 0.5) is 0 Å². The van der Waals surface area contributed by atoms with Crippen molar-refractivity contribution < 1.29 is 19.4 Å². The van der Waals surface area contributed by atoms with Crippen LogP contribution in [0.1, 0.15) is 47.4 Å². The van der Waals surface area contributed by atoms with E-state index in [4.69, 9.17) is 14.5 Å². The summed E-state index contributed by atoms with van der Waals surface area (Å²) in [4.78, 5) is 17.0. The van der Waals surface area contributed by atoms with Crippen LogP contribution in [-0.2, 0) is 6.42 Å². The number of ether oxygens (including phenoxy) is 2. The van der Waals surface area contributed by atoms with E-state index in [-0.39, 0.29) is 0 Å². The Morgan fingerprint density at radius 2 is 2.00 bits per heavy atom. The second-order valence-electron chi connectivity index (χ2n) is 7.66. The van der Waals surface area contributed by atoms with E-state index in [1.807, 2.05) is 49.4 Å². The molecule has 3 aromatic rings. The van der Waals surface area contributed by atoms with Gasteiger partial charge in [-0.1, -0.05) is 31.2 Å². The molecule has 30 heavy (non-hydrogen) atoms. The summed E-state index contributed by atoms with van der Waals surface area (Å²) in [6.07, 6.45) is 3.64. The summed E-state index contributed by atoms with van der Waals surface area (Å²) in [7, 11) is 1.62. The molecule has 0 saturated heterocycles. The van der Waals surface area contributed by atoms with Crippen LogP contribution in [0.25, 0.3) is 22.6 Å². The van der Waals surface area contributed by atoms with Crippen LogP contribution in [0.2, 0.25) is 0 Å². The van der Waals surface area contributed by atoms with Crippen molar-refractivity contribution in [2.24, 2.45) is 5.92 Å². The lowest BCUT2D eigenvalue weighted by atomic mass is 9.80. The van der Waals surface area contributed by atoms with E-state index in [2.05, 4.69) is 13.0 Å². The topological polar surface area (TPSA) is 68.7 Å². The van der Waals surface area contributed by atoms with Crippen molar-refractivity contribution in [3.8, 4) is 11.5 Å². The third kappa shape index (κ3) is 3.63. The average Bonchev–Trinajstić information content (AvgIpc) is 2.72. The maximum Gasteiger partial charge on any atom is 0.336 e. The lowest BCUT2D eigenvalue weighted by Crippen LogP contribution is -2.17. The van der Waals surface area contributed by atoms with Gasteiger partial charge in [0.05, 0.1) is 30.5 Å². The molecule has 0 spiro atoms. The molecule has 1 aromatic heterocycles. The zero-order chi connectivity index (χ0) is 21.3. The van der Waals surface area contributed by atoms with E-state index in [0.717, 1.165) is 28.8 Å². The first kappa shape index (κ1) is 20.0. The largest absolute Gasteiger partial charge is 0.493 e. The van der Waals surface area contributed by atoms with Crippen molar-refractivity contribution in [3.63, 3.8) is 0 Å². The monoisotopic (exact) mass is 403 g/mol. The highest BCUT2D eigenvalue weighted by Gasteiger charge is 2.28. The molecule has 4 rings (SSSR count). The van der Waals surface area contributed by atoms with Crippen molar-refractivity contribution in [1.29, 1.82) is 0 Å². The molecule has 1 aliphatic rings. The molecule has 154 valence electrons. The van der Waals surface area contributed by atoms with Gasteiger partial charge in [-0.3, -0.25) is 0 Å². The third-order valence-electron chi connectivity index (χ3n) is 5.46. The number of benzene rings is 2. The summed E-state index contributed by atoms with van der Waals surface area (Å²) in [6.45, 7) is 4.63. The smallest absolute Gasteiger partial charge is 0.336 e. The second kappa shape index (κ2) is 8.19. The minimum atomic E-state index is -0.902. The number of carboxylic acids is 1. The fraction of sp³-hybridized carbons (Fsp3) is 0.280. The molecule has 5 heteroatoms. The third-order valence-corrected chi connectivity index (χ3v) is 5.46. The molecule has 0 radical (unpaired) electrons. The Hall–Kier alpha value is -3.34. The molecule has 1 aliphatic carbocycles. The highest BCUT2D eigenvalue weighted by Crippen LogP contribution is 2.39. The fourth-order valence-corrected chi connectivity index (χ4v) is 4.23. The molecule has 0 fully saturated rings. The SMILES string of the molecule is CCOc1cc(/C=C2\C[C@@H](C)Cc3c2nc2ccccc2c3C(=O)O)ccc1OC. The second-order valence-corrected chi connectivity index (χ2v) is 7.66. The molecule has 2 aromatic carbocycles. The van der Waals surface area contributed by atoms with Crippen molar-refractivity contribution in [3.05, 3.63) is 64.8 Å². The first-order valence-corrected chi connectivity index (χ1v) is 10.2. The van der Waals surface area contributed by atoms with Gasteiger partial charge in [0, 0.05) is 5.39 Å². The maximum atomic E-state index is 12.2. The number of hydrogen-bond donors (Lipinski definition) is 1. The quantitative estimate of drug-likeness (QED) is 0.612. The lowest BCUT2D eigenvalue weighted by Gasteiger charge is -2.26. The van der Waals surface area contributed by atoms with Gasteiger partial charge in [0.15, 0.2) is 11.5 Å². The van der Waals surface area contributed by atoms with Gasteiger partial charge in [-0.2, -0.15) is 0 Å². The van der Waals surface area contributed by atoms with Gasteiger partial charge >= 0.3 is 5.97 Å². The minimum absolute atomic E-state index is 0.328. The van der Waals surface area contributed by atoms with E-state index >= 15 is 0 Å². The van der Waals surface area contributed by atoms with Crippen molar-refractivity contribution in [2.45, 2.75) is 26.7 Å². The molecule has 0 amide bonds. The van der Waals surface area contributed by atoms with Crippen LogP contribution in [-0.4, -0.2) is 29.8 Å². The highest BCUT2D eigenvalue weighted by atomic mass is 16.5. The van der Waals surface area contributed by atoms with Gasteiger partial charge < -0.3 is 14.6 Å². The zero-order valence-corrected chi connectivity index (χ0v) is 17.4. The molecular formula is C25H25NO4. The minimum Gasteiger partial charge on any atom is -0.493 e. The van der Waals surface area contributed by atoms with Gasteiger partial charge in [0.2, 0.25) is 0 Å². The Balaban J connectivity index is 1.90. The van der Waals surface area contributed by atoms with Crippen LogP contribution in [0, 0.1) is 5.92 Å². The summed E-state index contributed by atoms with van der Waals surface area (Å²) in [6, 6.07) is 13.3. The molecule has 1 N–H and O–H groups in total. The van der Waals surface area contributed by atoms with E-state index in [1.54, 1.807) is 7.11 Å². The highest BCUT2D eigenvalue weighted by molar-refractivity contribution is 6.05. The van der Waals surface area contributed by atoms with Crippen molar-refractivity contribution in [2.75, 3.05) is 13.7 Å². The number of methoxy groups -OCH3 is 1. The molecule has 1 heterocycles. The number of hydrogen-bond acceptors (Lipinski definition) is 4. The van der Waals surface area contributed by atoms with Gasteiger partial charge in [-0.05, 0) is 66.7 Å². The Kier molecular flexibility index (Phi) is 5.44. The molecule has 0 aliphatic heterocycles. The molecule has 0 bridgehead atoms. The predicted octanol–water partition coefficient (Wildman–Crippen LogP) is 5.46. The number of rotatable bonds is 5. The molecule has 5 nitrogen and oxygen atoms in total. The average molecular weight is 403 g/mol. The normalized spacial score (nSPS) is 17.0. The van der Waals surface area contributed by atoms with Crippen LogP contribution in [0.3, 0.4) is 0 Å². The van der Waals surface area contributed by atoms with Crippen molar-refractivity contribution in [1.82, 2.24) is 4.98 Å². The summed E-state index contributed by atoms with van der Waals surface area (Å²) in [5.41, 5.74) is 4.71. The number of pyridine rings is 1. The zero-order valence-electron chi connectivity index (χ0n) is 17.4. The first-order chi connectivity index (χ1) is 14.5. The van der Waals surface area contributed by atoms with Gasteiger partial charge in [0.25, 0.3) is 0 Å². The van der Waals surface area contributed by atoms with Gasteiger partial charge in [-0.25, -0.2) is 9.78 Å². The summed E-state index contributed by atoms with van der Waals surface area (Å²) in [5, 5.41) is 10.7. The molecular weight excluding hydrogens is 378 g/mol. The lowest BCUT2D eigenvalue weighted by molar-refractivity contribution is 0.0697. The number of carboxylic acid groups (broad SMARTS) is 1. The van der Waals surface area contributed by atoms with Crippen LogP contribution >= 0.6 is 0 Å². The fourth-order valence-electron chi connectivity index (χ4n) is 4.23. The number of allylic oxidation sites excluding steroid dienone is 1. The van der Waals surface area contributed by atoms with E-state index in [9.17, 15) is 9.90 Å². The standard InChI is InChI=1S/C25H25NO4/c1-4-30-22-14-16(9-10-21(22)29-3)13-17-11-15(2)12-19-23(25(27)28)18-7-5-6-8-20(18)26-24(17)19/h5-10,13-15H,4,11-12H2,1-3H3,(H,27,28)/b17-13+/t15-/m1/s1. The summed E-state index contributed by atoms with van der Waals surface area (Å²) < 4.78 is 11.1. The number of nitrogens with zero attached hydrogens (tertiary/aromatic N) is 1. The van der Waals surface area contributed by atoms with E-state index < -0.39 is 5.97 Å². The van der Waals surface area contributed by atoms with Crippen molar-refractivity contribution >= 4 is 28.5 Å². The molecule has 1 atom stereocenters. The number of carbonyl (C=O) groups is 1. The number of para-hydroxylation sites is 1. The predicted molar refractivity (Wildman–Crippen MR) is 118 cm³/mol. The Labute approximate surface area is 176 Å². The van der Waals surface area contributed by atoms with E-state index in [1.165, 1.54) is 0 Å². The number of aromatic carboxylic acids is 1. The van der Waals surface area contributed by atoms with Crippen LogP contribution in [0.5, 0.6) is 11.5 Å². The Morgan fingerprint density at radius 3 is 2.73 bits per heavy atom. The van der Waals surface area contributed by atoms with E-state index in [0.29, 0.717) is 46.9 Å². The van der Waals surface area contributed by atoms with Gasteiger partial charge in [0.1, 0.15) is 0 Å². The van der Waals surface area contributed by atoms with Crippen LogP contribution in [0.15, 0.2) is 42.5 Å². The number of fused-ring (bicyclic) bond motifs is 2.